The van der Waals surface area contributed by atoms with Gasteiger partial charge in [-0.15, -0.1) is 0 Å². The third kappa shape index (κ3) is 3.61. The zero-order valence-corrected chi connectivity index (χ0v) is 10.5. The van der Waals surface area contributed by atoms with Crippen molar-refractivity contribution in [3.8, 4) is 11.5 Å². The largest absolute Gasteiger partial charge is 0.504 e. The van der Waals surface area contributed by atoms with Gasteiger partial charge in [-0.05, 0) is 24.1 Å². The Bertz CT molecular complexity index is 366. The molecule has 0 saturated heterocycles. The molecular weight excluding hydrogens is 218 g/mol. The maximum atomic E-state index is 10.2. The molecular formula is C13H21NO3. The quantitative estimate of drug-likeness (QED) is 0.592. The maximum absolute atomic E-state index is 10.2. The molecule has 4 nitrogen and oxygen atoms in total. The van der Waals surface area contributed by atoms with Crippen molar-refractivity contribution in [2.24, 2.45) is 0 Å². The van der Waals surface area contributed by atoms with Crippen LogP contribution in [-0.4, -0.2) is 27.4 Å². The molecule has 4 heteroatoms. The van der Waals surface area contributed by atoms with E-state index in [4.69, 9.17) is 0 Å². The van der Waals surface area contributed by atoms with Crippen LogP contribution in [0.5, 0.6) is 11.5 Å². The van der Waals surface area contributed by atoms with E-state index in [-0.39, 0.29) is 23.6 Å². The molecule has 0 saturated carbocycles. The van der Waals surface area contributed by atoms with Crippen LogP contribution < -0.4 is 5.32 Å². The lowest BCUT2D eigenvalue weighted by Crippen LogP contribution is -2.38. The minimum absolute atomic E-state index is 0.0704. The SMILES string of the molecule is CCC(NC(C)C)[C@@H](O)c1ccc(O)c(O)c1. The molecule has 0 spiro atoms. The van der Waals surface area contributed by atoms with Crippen LogP contribution in [0, 0.1) is 0 Å². The number of phenolic OH excluding ortho intramolecular Hbond substituents is 2. The van der Waals surface area contributed by atoms with Gasteiger partial charge in [0.05, 0.1) is 6.10 Å². The first-order chi connectivity index (χ1) is 7.95. The lowest BCUT2D eigenvalue weighted by molar-refractivity contribution is 0.121. The topological polar surface area (TPSA) is 72.7 Å². The second-order valence-corrected chi connectivity index (χ2v) is 4.53. The molecule has 0 fully saturated rings. The Morgan fingerprint density at radius 2 is 1.82 bits per heavy atom. The van der Waals surface area contributed by atoms with Crippen molar-refractivity contribution < 1.29 is 15.3 Å². The molecule has 0 aliphatic carbocycles. The third-order valence-corrected chi connectivity index (χ3v) is 2.71. The average Bonchev–Trinajstić information content (AvgIpc) is 2.28. The minimum Gasteiger partial charge on any atom is -0.504 e. The molecule has 96 valence electrons. The monoisotopic (exact) mass is 239 g/mol. The van der Waals surface area contributed by atoms with E-state index in [9.17, 15) is 15.3 Å². The van der Waals surface area contributed by atoms with Crippen molar-refractivity contribution in [2.45, 2.75) is 45.4 Å². The van der Waals surface area contributed by atoms with Crippen molar-refractivity contribution in [1.82, 2.24) is 5.32 Å². The zero-order valence-electron chi connectivity index (χ0n) is 10.5. The molecule has 0 heterocycles. The van der Waals surface area contributed by atoms with E-state index in [1.807, 2.05) is 20.8 Å². The number of benzene rings is 1. The van der Waals surface area contributed by atoms with Crippen molar-refractivity contribution in [2.75, 3.05) is 0 Å². The van der Waals surface area contributed by atoms with E-state index < -0.39 is 6.10 Å². The predicted molar refractivity (Wildman–Crippen MR) is 67.1 cm³/mol. The number of hydrogen-bond donors (Lipinski definition) is 4. The summed E-state index contributed by atoms with van der Waals surface area (Å²) in [6, 6.07) is 4.60. The van der Waals surface area contributed by atoms with Gasteiger partial charge in [-0.2, -0.15) is 0 Å². The molecule has 0 radical (unpaired) electrons. The van der Waals surface area contributed by atoms with Gasteiger partial charge in [0, 0.05) is 12.1 Å². The second kappa shape index (κ2) is 5.89. The summed E-state index contributed by atoms with van der Waals surface area (Å²) in [5.41, 5.74) is 0.598. The van der Waals surface area contributed by atoms with Gasteiger partial charge in [0.25, 0.3) is 0 Å². The van der Waals surface area contributed by atoms with Gasteiger partial charge in [0.1, 0.15) is 0 Å². The van der Waals surface area contributed by atoms with Crippen LogP contribution in [0.2, 0.25) is 0 Å². The first kappa shape index (κ1) is 13.8. The van der Waals surface area contributed by atoms with E-state index in [1.165, 1.54) is 12.1 Å². The summed E-state index contributed by atoms with van der Waals surface area (Å²) >= 11 is 0. The molecule has 4 N–H and O–H groups in total. The Kier molecular flexibility index (Phi) is 4.78. The third-order valence-electron chi connectivity index (χ3n) is 2.71. The van der Waals surface area contributed by atoms with Crippen LogP contribution in [0.15, 0.2) is 18.2 Å². The minimum atomic E-state index is -0.700. The van der Waals surface area contributed by atoms with Crippen LogP contribution >= 0.6 is 0 Å². The molecule has 1 aromatic carbocycles. The molecule has 17 heavy (non-hydrogen) atoms. The highest BCUT2D eigenvalue weighted by molar-refractivity contribution is 5.41. The predicted octanol–water partition coefficient (Wildman–Crippen LogP) is 1.91. The summed E-state index contributed by atoms with van der Waals surface area (Å²) in [5, 5.41) is 32.1. The molecule has 0 bridgehead atoms. The normalized spacial score (nSPS) is 14.9. The lowest BCUT2D eigenvalue weighted by atomic mass is 9.99. The number of phenols is 2. The maximum Gasteiger partial charge on any atom is 0.157 e. The lowest BCUT2D eigenvalue weighted by Gasteiger charge is -2.25. The summed E-state index contributed by atoms with van der Waals surface area (Å²) in [6.07, 6.45) is 0.0787. The smallest absolute Gasteiger partial charge is 0.157 e. The number of aliphatic hydroxyl groups is 1. The van der Waals surface area contributed by atoms with Crippen LogP contribution in [0.1, 0.15) is 38.9 Å². The second-order valence-electron chi connectivity index (χ2n) is 4.53. The number of aromatic hydroxyl groups is 2. The summed E-state index contributed by atoms with van der Waals surface area (Å²) in [4.78, 5) is 0. The summed E-state index contributed by atoms with van der Waals surface area (Å²) in [7, 11) is 0. The van der Waals surface area contributed by atoms with Crippen LogP contribution in [-0.2, 0) is 0 Å². The van der Waals surface area contributed by atoms with Crippen LogP contribution in [0.3, 0.4) is 0 Å². The molecule has 1 rings (SSSR count). The van der Waals surface area contributed by atoms with E-state index in [0.29, 0.717) is 5.56 Å². The Labute approximate surface area is 102 Å². The number of nitrogens with one attached hydrogen (secondary N) is 1. The van der Waals surface area contributed by atoms with Crippen LogP contribution in [0.25, 0.3) is 0 Å². The van der Waals surface area contributed by atoms with Gasteiger partial charge in [-0.3, -0.25) is 0 Å². The highest BCUT2D eigenvalue weighted by Crippen LogP contribution is 2.29. The van der Waals surface area contributed by atoms with E-state index in [1.54, 1.807) is 6.07 Å². The van der Waals surface area contributed by atoms with Gasteiger partial charge < -0.3 is 20.6 Å². The summed E-state index contributed by atoms with van der Waals surface area (Å²) in [5.74, 6) is -0.383. The van der Waals surface area contributed by atoms with Gasteiger partial charge in [0.2, 0.25) is 0 Å². The fraction of sp³-hybridized carbons (Fsp3) is 0.538. The first-order valence-electron chi connectivity index (χ1n) is 5.91. The Morgan fingerprint density at radius 1 is 1.18 bits per heavy atom. The highest BCUT2D eigenvalue weighted by atomic mass is 16.3. The number of hydrogen-bond acceptors (Lipinski definition) is 4. The van der Waals surface area contributed by atoms with Crippen LogP contribution in [0.4, 0.5) is 0 Å². The van der Waals surface area contributed by atoms with Gasteiger partial charge in [0.15, 0.2) is 11.5 Å². The molecule has 1 aromatic rings. The number of rotatable bonds is 5. The van der Waals surface area contributed by atoms with Gasteiger partial charge in [-0.1, -0.05) is 26.8 Å². The van der Waals surface area contributed by atoms with Gasteiger partial charge in [-0.25, -0.2) is 0 Å². The van der Waals surface area contributed by atoms with E-state index in [0.717, 1.165) is 6.42 Å². The Hall–Kier alpha value is -1.26. The van der Waals surface area contributed by atoms with E-state index >= 15 is 0 Å². The molecule has 0 aliphatic rings. The van der Waals surface area contributed by atoms with Gasteiger partial charge >= 0.3 is 0 Å². The highest BCUT2D eigenvalue weighted by Gasteiger charge is 2.20. The zero-order chi connectivity index (χ0) is 13.0. The van der Waals surface area contributed by atoms with Crippen molar-refractivity contribution in [3.05, 3.63) is 23.8 Å². The summed E-state index contributed by atoms with van der Waals surface area (Å²) < 4.78 is 0. The Balaban J connectivity index is 2.85. The van der Waals surface area contributed by atoms with Crippen molar-refractivity contribution in [3.63, 3.8) is 0 Å². The first-order valence-corrected chi connectivity index (χ1v) is 5.91. The van der Waals surface area contributed by atoms with Crippen molar-refractivity contribution >= 4 is 0 Å². The fourth-order valence-corrected chi connectivity index (χ4v) is 1.82. The van der Waals surface area contributed by atoms with E-state index in [2.05, 4.69) is 5.32 Å². The molecule has 0 aromatic heterocycles. The molecule has 0 aliphatic heterocycles. The average molecular weight is 239 g/mol. The Morgan fingerprint density at radius 3 is 2.29 bits per heavy atom. The fourth-order valence-electron chi connectivity index (χ4n) is 1.82. The standard InChI is InChI=1S/C13H21NO3/c1-4-10(14-8(2)3)13(17)9-5-6-11(15)12(16)7-9/h5-8,10,13-17H,4H2,1-3H3/t10?,13-/m0/s1. The summed E-state index contributed by atoms with van der Waals surface area (Å²) in [6.45, 7) is 6.02. The number of aliphatic hydroxyl groups excluding tert-OH is 1. The molecule has 1 unspecified atom stereocenters. The molecule has 0 amide bonds. The molecule has 2 atom stereocenters. The van der Waals surface area contributed by atoms with Crippen molar-refractivity contribution in [1.29, 1.82) is 0 Å².